The third kappa shape index (κ3) is 2.83. The fourth-order valence-corrected chi connectivity index (χ4v) is 3.62. The van der Waals surface area contributed by atoms with E-state index in [-0.39, 0.29) is 11.8 Å². The number of piperidine rings is 1. The summed E-state index contributed by atoms with van der Waals surface area (Å²) in [5.41, 5.74) is 1.13. The van der Waals surface area contributed by atoms with Crippen LogP contribution in [0.2, 0.25) is 0 Å². The third-order valence-electron chi connectivity index (χ3n) is 5.26. The number of likely N-dealkylation sites (tertiary alicyclic amines) is 1. The summed E-state index contributed by atoms with van der Waals surface area (Å²) in [4.78, 5) is 33.3. The number of nitrogens with one attached hydrogen (secondary N) is 1. The van der Waals surface area contributed by atoms with Crippen LogP contribution in [0.4, 0.5) is 0 Å². The van der Waals surface area contributed by atoms with Gasteiger partial charge in [0, 0.05) is 38.6 Å². The predicted molar refractivity (Wildman–Crippen MR) is 87.1 cm³/mol. The zero-order chi connectivity index (χ0) is 16.4. The fourth-order valence-electron chi connectivity index (χ4n) is 3.62. The van der Waals surface area contributed by atoms with Gasteiger partial charge in [0.1, 0.15) is 5.54 Å². The minimum absolute atomic E-state index is 0.0159. The molecule has 6 heteroatoms. The predicted octanol–water partition coefficient (Wildman–Crippen LogP) is 0.817. The third-order valence-corrected chi connectivity index (χ3v) is 5.26. The van der Waals surface area contributed by atoms with E-state index in [0.717, 1.165) is 25.1 Å². The number of carbonyl (C=O) groups is 2. The number of hydrogen-bond acceptors (Lipinski definition) is 4. The van der Waals surface area contributed by atoms with Crippen molar-refractivity contribution < 1.29 is 9.59 Å². The number of nitrogens with zero attached hydrogens (tertiary/aromatic N) is 3. The molecule has 3 heterocycles. The normalized spacial score (nSPS) is 21.8. The summed E-state index contributed by atoms with van der Waals surface area (Å²) in [7, 11) is 2.02. The molecule has 23 heavy (non-hydrogen) atoms. The second-order valence-electron chi connectivity index (χ2n) is 6.55. The van der Waals surface area contributed by atoms with Gasteiger partial charge in [-0.1, -0.05) is 0 Å². The van der Waals surface area contributed by atoms with Crippen LogP contribution in [0.1, 0.15) is 35.2 Å². The van der Waals surface area contributed by atoms with E-state index in [9.17, 15) is 9.59 Å². The van der Waals surface area contributed by atoms with Gasteiger partial charge in [-0.15, -0.1) is 0 Å². The number of likely N-dealkylation sites (N-methyl/N-ethyl adjacent to an activating group) is 1. The van der Waals surface area contributed by atoms with Crippen molar-refractivity contribution >= 4 is 11.8 Å². The number of rotatable bonds is 1. The van der Waals surface area contributed by atoms with E-state index in [1.54, 1.807) is 12.4 Å². The van der Waals surface area contributed by atoms with Crippen molar-refractivity contribution in [1.82, 2.24) is 20.1 Å². The van der Waals surface area contributed by atoms with Gasteiger partial charge in [-0.25, -0.2) is 0 Å². The molecule has 1 aromatic rings. The molecule has 0 saturated carbocycles. The van der Waals surface area contributed by atoms with Crippen LogP contribution in [0.25, 0.3) is 0 Å². The number of pyridine rings is 1. The molecular formula is C17H24N4O2. The number of aryl methyl sites for hydroxylation is 1. The van der Waals surface area contributed by atoms with E-state index in [1.807, 2.05) is 24.9 Å². The van der Waals surface area contributed by atoms with Crippen molar-refractivity contribution in [3.8, 4) is 0 Å². The summed E-state index contributed by atoms with van der Waals surface area (Å²) >= 11 is 0. The average Bonchev–Trinajstić information content (AvgIpc) is 2.70. The number of aromatic nitrogens is 1. The van der Waals surface area contributed by atoms with Gasteiger partial charge in [0.05, 0.1) is 5.56 Å². The van der Waals surface area contributed by atoms with Crippen molar-refractivity contribution in [2.45, 2.75) is 31.7 Å². The molecule has 0 atom stereocenters. The topological polar surface area (TPSA) is 65.5 Å². The lowest BCUT2D eigenvalue weighted by Crippen LogP contribution is -2.61. The van der Waals surface area contributed by atoms with E-state index in [2.05, 4.69) is 15.2 Å². The largest absolute Gasteiger partial charge is 0.354 e. The quantitative estimate of drug-likeness (QED) is 0.833. The molecule has 0 aromatic carbocycles. The second-order valence-corrected chi connectivity index (χ2v) is 6.55. The van der Waals surface area contributed by atoms with Crippen LogP contribution in [-0.4, -0.2) is 65.4 Å². The van der Waals surface area contributed by atoms with Gasteiger partial charge in [0.15, 0.2) is 0 Å². The van der Waals surface area contributed by atoms with Crippen LogP contribution in [0.3, 0.4) is 0 Å². The van der Waals surface area contributed by atoms with Gasteiger partial charge in [0.2, 0.25) is 5.91 Å². The highest BCUT2D eigenvalue weighted by molar-refractivity contribution is 5.95. The summed E-state index contributed by atoms with van der Waals surface area (Å²) in [6.07, 6.45) is 5.66. The van der Waals surface area contributed by atoms with Crippen LogP contribution in [-0.2, 0) is 4.79 Å². The molecule has 1 N–H and O–H groups in total. The fraction of sp³-hybridized carbons (Fsp3) is 0.588. The van der Waals surface area contributed by atoms with E-state index >= 15 is 0 Å². The molecule has 2 saturated heterocycles. The first-order valence-corrected chi connectivity index (χ1v) is 8.24. The van der Waals surface area contributed by atoms with Crippen molar-refractivity contribution in [2.24, 2.45) is 0 Å². The Kier molecular flexibility index (Phi) is 4.35. The monoisotopic (exact) mass is 316 g/mol. The van der Waals surface area contributed by atoms with E-state index in [1.165, 1.54) is 0 Å². The van der Waals surface area contributed by atoms with Gasteiger partial charge in [-0.3, -0.25) is 19.5 Å². The lowest BCUT2D eigenvalue weighted by atomic mass is 9.85. The first-order valence-electron chi connectivity index (χ1n) is 8.24. The second kappa shape index (κ2) is 6.28. The summed E-state index contributed by atoms with van der Waals surface area (Å²) in [5.74, 6) is 0.129. The first kappa shape index (κ1) is 15.9. The van der Waals surface area contributed by atoms with Gasteiger partial charge in [-0.05, 0) is 44.9 Å². The van der Waals surface area contributed by atoms with Gasteiger partial charge >= 0.3 is 0 Å². The Labute approximate surface area is 136 Å². The lowest BCUT2D eigenvalue weighted by molar-refractivity contribution is -0.134. The molecule has 2 aliphatic rings. The van der Waals surface area contributed by atoms with E-state index < -0.39 is 5.54 Å². The Hall–Kier alpha value is -1.95. The highest BCUT2D eigenvalue weighted by atomic mass is 16.2. The molecule has 2 aliphatic heterocycles. The van der Waals surface area contributed by atoms with Crippen LogP contribution in [0.15, 0.2) is 18.5 Å². The molecular weight excluding hydrogens is 292 g/mol. The molecule has 1 aromatic heterocycles. The zero-order valence-electron chi connectivity index (χ0n) is 13.8. The van der Waals surface area contributed by atoms with Gasteiger partial charge < -0.3 is 10.2 Å². The maximum atomic E-state index is 12.7. The van der Waals surface area contributed by atoms with E-state index in [0.29, 0.717) is 31.5 Å². The maximum absolute atomic E-state index is 12.7. The first-order chi connectivity index (χ1) is 11.0. The van der Waals surface area contributed by atoms with Crippen LogP contribution in [0, 0.1) is 6.92 Å². The number of carbonyl (C=O) groups excluding carboxylic acids is 2. The van der Waals surface area contributed by atoms with Crippen molar-refractivity contribution in [3.63, 3.8) is 0 Å². The van der Waals surface area contributed by atoms with Gasteiger partial charge in [0.25, 0.3) is 5.91 Å². The summed E-state index contributed by atoms with van der Waals surface area (Å²) < 4.78 is 0. The molecule has 6 nitrogen and oxygen atoms in total. The molecule has 0 radical (unpaired) electrons. The molecule has 0 unspecified atom stereocenters. The molecule has 2 fully saturated rings. The highest BCUT2D eigenvalue weighted by Gasteiger charge is 2.46. The van der Waals surface area contributed by atoms with Crippen LogP contribution in [0.5, 0.6) is 0 Å². The molecule has 124 valence electrons. The smallest absolute Gasteiger partial charge is 0.255 e. The van der Waals surface area contributed by atoms with Crippen LogP contribution >= 0.6 is 0 Å². The Morgan fingerprint density at radius 1 is 1.30 bits per heavy atom. The minimum atomic E-state index is -0.461. The molecule has 0 bridgehead atoms. The lowest BCUT2D eigenvalue weighted by Gasteiger charge is -2.45. The minimum Gasteiger partial charge on any atom is -0.354 e. The van der Waals surface area contributed by atoms with Gasteiger partial charge in [-0.2, -0.15) is 0 Å². The van der Waals surface area contributed by atoms with Crippen molar-refractivity contribution in [2.75, 3.05) is 33.2 Å². The highest BCUT2D eigenvalue weighted by Crippen LogP contribution is 2.30. The maximum Gasteiger partial charge on any atom is 0.255 e. The van der Waals surface area contributed by atoms with Crippen molar-refractivity contribution in [1.29, 1.82) is 0 Å². The Morgan fingerprint density at radius 3 is 2.74 bits per heavy atom. The SMILES string of the molecule is Cc1ccncc1C(=O)N1CCC2(CC1)C(=O)NCCCN2C. The molecule has 3 rings (SSSR count). The molecule has 2 amide bonds. The van der Waals surface area contributed by atoms with E-state index in [4.69, 9.17) is 0 Å². The van der Waals surface area contributed by atoms with Crippen molar-refractivity contribution in [3.05, 3.63) is 29.6 Å². The summed E-state index contributed by atoms with van der Waals surface area (Å²) in [5, 5.41) is 3.03. The van der Waals surface area contributed by atoms with Crippen LogP contribution < -0.4 is 5.32 Å². The standard InChI is InChI=1S/C17H24N4O2/c1-13-4-8-18-12-14(13)15(22)21-10-5-17(6-11-21)16(23)19-7-3-9-20(17)2/h4,8,12H,3,5-7,9-11H2,1-2H3,(H,19,23). The molecule has 0 aliphatic carbocycles. The average molecular weight is 316 g/mol. The Bertz CT molecular complexity index is 608. The summed E-state index contributed by atoms with van der Waals surface area (Å²) in [6, 6.07) is 1.85. The zero-order valence-corrected chi connectivity index (χ0v) is 13.8. The summed E-state index contributed by atoms with van der Waals surface area (Å²) in [6.45, 7) is 4.78. The number of amides is 2. The number of hydrogen-bond donors (Lipinski definition) is 1. The Balaban J connectivity index is 1.74. The Morgan fingerprint density at radius 2 is 2.04 bits per heavy atom. The molecule has 1 spiro atoms.